The second-order valence-corrected chi connectivity index (χ2v) is 3.27. The van der Waals surface area contributed by atoms with Crippen LogP contribution in [0.25, 0.3) is 0 Å². The summed E-state index contributed by atoms with van der Waals surface area (Å²) < 4.78 is 5.02. The van der Waals surface area contributed by atoms with Crippen LogP contribution in [0.1, 0.15) is 18.6 Å². The Kier molecular flexibility index (Phi) is 3.72. The minimum atomic E-state index is -0.433. The van der Waals surface area contributed by atoms with Crippen molar-refractivity contribution in [1.82, 2.24) is 0 Å². The molecule has 0 amide bonds. The highest BCUT2D eigenvalue weighted by atomic mass is 35.5. The highest BCUT2D eigenvalue weighted by Gasteiger charge is 2.08. The largest absolute Gasteiger partial charge is 0.455 e. The van der Waals surface area contributed by atoms with Gasteiger partial charge < -0.3 is 4.74 Å². The maximum Gasteiger partial charge on any atom is 0.330 e. The molecular weight excluding hydrogens is 200 g/mol. The van der Waals surface area contributed by atoms with Gasteiger partial charge in [-0.3, -0.25) is 0 Å². The number of halogens is 1. The van der Waals surface area contributed by atoms with Crippen molar-refractivity contribution >= 4 is 17.6 Å². The van der Waals surface area contributed by atoms with Crippen molar-refractivity contribution in [2.75, 3.05) is 0 Å². The molecule has 0 aliphatic rings. The first kappa shape index (κ1) is 10.8. The van der Waals surface area contributed by atoms with E-state index in [-0.39, 0.29) is 6.10 Å². The Labute approximate surface area is 88.1 Å². The Bertz CT molecular complexity index is 347. The van der Waals surface area contributed by atoms with Crippen LogP contribution in [0.4, 0.5) is 0 Å². The zero-order valence-corrected chi connectivity index (χ0v) is 8.62. The third kappa shape index (κ3) is 2.89. The van der Waals surface area contributed by atoms with E-state index in [0.717, 1.165) is 11.6 Å². The van der Waals surface area contributed by atoms with Gasteiger partial charge >= 0.3 is 5.97 Å². The van der Waals surface area contributed by atoms with Crippen LogP contribution in [-0.2, 0) is 9.53 Å². The van der Waals surface area contributed by atoms with Gasteiger partial charge in [0, 0.05) is 11.1 Å². The predicted molar refractivity (Wildman–Crippen MR) is 56.2 cm³/mol. The molecule has 1 aromatic rings. The van der Waals surface area contributed by atoms with E-state index in [2.05, 4.69) is 6.58 Å². The zero-order chi connectivity index (χ0) is 10.6. The van der Waals surface area contributed by atoms with Gasteiger partial charge in [0.25, 0.3) is 0 Å². The summed E-state index contributed by atoms with van der Waals surface area (Å²) in [6.07, 6.45) is 0.834. The molecule has 1 rings (SSSR count). The Hall–Kier alpha value is -1.28. The number of esters is 1. The number of hydrogen-bond acceptors (Lipinski definition) is 2. The standard InChI is InChI=1S/C11H11ClO2/c1-3-11(13)14-8(2)9-5-4-6-10(12)7-9/h3-8H,1H2,2H3. The number of rotatable bonds is 3. The summed E-state index contributed by atoms with van der Waals surface area (Å²) in [4.78, 5) is 10.9. The zero-order valence-electron chi connectivity index (χ0n) is 7.87. The number of hydrogen-bond donors (Lipinski definition) is 0. The molecule has 0 aromatic heterocycles. The molecule has 0 saturated carbocycles. The molecule has 1 atom stereocenters. The van der Waals surface area contributed by atoms with Crippen molar-refractivity contribution in [2.24, 2.45) is 0 Å². The minimum Gasteiger partial charge on any atom is -0.455 e. The molecule has 3 heteroatoms. The molecule has 0 bridgehead atoms. The smallest absolute Gasteiger partial charge is 0.330 e. The van der Waals surface area contributed by atoms with Crippen molar-refractivity contribution in [2.45, 2.75) is 13.0 Å². The Morgan fingerprint density at radius 3 is 2.93 bits per heavy atom. The molecule has 1 aromatic carbocycles. The van der Waals surface area contributed by atoms with Gasteiger partial charge in [-0.1, -0.05) is 30.3 Å². The van der Waals surface area contributed by atoms with Crippen LogP contribution >= 0.6 is 11.6 Å². The summed E-state index contributed by atoms with van der Waals surface area (Å²) >= 11 is 5.80. The van der Waals surface area contributed by atoms with Gasteiger partial charge in [0.2, 0.25) is 0 Å². The monoisotopic (exact) mass is 210 g/mol. The lowest BCUT2D eigenvalue weighted by molar-refractivity contribution is -0.142. The van der Waals surface area contributed by atoms with Crippen LogP contribution in [0.3, 0.4) is 0 Å². The quantitative estimate of drug-likeness (QED) is 0.566. The predicted octanol–water partition coefficient (Wildman–Crippen LogP) is 3.13. The molecule has 1 unspecified atom stereocenters. The lowest BCUT2D eigenvalue weighted by atomic mass is 10.1. The van der Waals surface area contributed by atoms with E-state index in [0.29, 0.717) is 5.02 Å². The summed E-state index contributed by atoms with van der Waals surface area (Å²) in [5.41, 5.74) is 0.868. The Morgan fingerprint density at radius 2 is 2.36 bits per heavy atom. The van der Waals surface area contributed by atoms with Crippen LogP contribution in [0, 0.1) is 0 Å². The van der Waals surface area contributed by atoms with Gasteiger partial charge in [0.1, 0.15) is 6.10 Å². The topological polar surface area (TPSA) is 26.3 Å². The van der Waals surface area contributed by atoms with Crippen molar-refractivity contribution in [3.8, 4) is 0 Å². The second-order valence-electron chi connectivity index (χ2n) is 2.84. The highest BCUT2D eigenvalue weighted by Crippen LogP contribution is 2.20. The van der Waals surface area contributed by atoms with E-state index in [1.807, 2.05) is 12.1 Å². The maximum atomic E-state index is 10.9. The lowest BCUT2D eigenvalue weighted by Gasteiger charge is -2.11. The summed E-state index contributed by atoms with van der Waals surface area (Å²) in [7, 11) is 0. The number of ether oxygens (including phenoxy) is 1. The van der Waals surface area contributed by atoms with Crippen molar-refractivity contribution in [3.63, 3.8) is 0 Å². The van der Waals surface area contributed by atoms with E-state index in [1.165, 1.54) is 0 Å². The molecular formula is C11H11ClO2. The third-order valence-electron chi connectivity index (χ3n) is 1.78. The molecule has 0 N–H and O–H groups in total. The molecule has 0 aliphatic carbocycles. The fourth-order valence-corrected chi connectivity index (χ4v) is 1.25. The van der Waals surface area contributed by atoms with E-state index in [1.54, 1.807) is 19.1 Å². The van der Waals surface area contributed by atoms with Gasteiger partial charge in [0.05, 0.1) is 0 Å². The Morgan fingerprint density at radius 1 is 1.64 bits per heavy atom. The highest BCUT2D eigenvalue weighted by molar-refractivity contribution is 6.30. The van der Waals surface area contributed by atoms with Crippen LogP contribution in [0.5, 0.6) is 0 Å². The maximum absolute atomic E-state index is 10.9. The average Bonchev–Trinajstić information content (AvgIpc) is 2.17. The SMILES string of the molecule is C=CC(=O)OC(C)c1cccc(Cl)c1. The first-order valence-electron chi connectivity index (χ1n) is 4.22. The number of carbonyl (C=O) groups excluding carboxylic acids is 1. The molecule has 0 spiro atoms. The first-order valence-corrected chi connectivity index (χ1v) is 4.60. The molecule has 0 radical (unpaired) electrons. The van der Waals surface area contributed by atoms with Crippen LogP contribution in [-0.4, -0.2) is 5.97 Å². The van der Waals surface area contributed by atoms with E-state index in [9.17, 15) is 4.79 Å². The van der Waals surface area contributed by atoms with Gasteiger partial charge in [-0.05, 0) is 24.6 Å². The first-order chi connectivity index (χ1) is 6.63. The number of carbonyl (C=O) groups is 1. The summed E-state index contributed by atoms with van der Waals surface area (Å²) in [5, 5.41) is 0.629. The van der Waals surface area contributed by atoms with Crippen molar-refractivity contribution < 1.29 is 9.53 Å². The minimum absolute atomic E-state index is 0.306. The van der Waals surface area contributed by atoms with Gasteiger partial charge in [-0.25, -0.2) is 4.79 Å². The fourth-order valence-electron chi connectivity index (χ4n) is 1.05. The average molecular weight is 211 g/mol. The van der Waals surface area contributed by atoms with Gasteiger partial charge in [-0.15, -0.1) is 0 Å². The third-order valence-corrected chi connectivity index (χ3v) is 2.01. The Balaban J connectivity index is 2.74. The molecule has 0 fully saturated rings. The van der Waals surface area contributed by atoms with E-state index in [4.69, 9.17) is 16.3 Å². The molecule has 0 heterocycles. The van der Waals surface area contributed by atoms with Crippen LogP contribution in [0.15, 0.2) is 36.9 Å². The lowest BCUT2D eigenvalue weighted by Crippen LogP contribution is -2.05. The van der Waals surface area contributed by atoms with Gasteiger partial charge in [-0.2, -0.15) is 0 Å². The fraction of sp³-hybridized carbons (Fsp3) is 0.182. The molecule has 14 heavy (non-hydrogen) atoms. The van der Waals surface area contributed by atoms with Crippen molar-refractivity contribution in [3.05, 3.63) is 47.5 Å². The van der Waals surface area contributed by atoms with E-state index >= 15 is 0 Å². The molecule has 0 saturated heterocycles. The van der Waals surface area contributed by atoms with E-state index < -0.39 is 5.97 Å². The normalized spacial score (nSPS) is 11.9. The summed E-state index contributed by atoms with van der Waals surface area (Å²) in [5.74, 6) is -0.433. The molecule has 2 nitrogen and oxygen atoms in total. The van der Waals surface area contributed by atoms with Crippen LogP contribution < -0.4 is 0 Å². The van der Waals surface area contributed by atoms with Crippen LogP contribution in [0.2, 0.25) is 5.02 Å². The van der Waals surface area contributed by atoms with Crippen molar-refractivity contribution in [1.29, 1.82) is 0 Å². The molecule has 74 valence electrons. The summed E-state index contributed by atoms with van der Waals surface area (Å²) in [6.45, 7) is 5.11. The van der Waals surface area contributed by atoms with Gasteiger partial charge in [0.15, 0.2) is 0 Å². The molecule has 0 aliphatic heterocycles. The number of benzene rings is 1. The second kappa shape index (κ2) is 4.82. The summed E-state index contributed by atoms with van der Waals surface area (Å²) in [6, 6.07) is 7.21.